The summed E-state index contributed by atoms with van der Waals surface area (Å²) in [5, 5.41) is 9.48. The van der Waals surface area contributed by atoms with Crippen LogP contribution in [0.1, 0.15) is 27.2 Å². The number of benzene rings is 1. The van der Waals surface area contributed by atoms with E-state index in [0.717, 1.165) is 5.56 Å². The smallest absolute Gasteiger partial charge is 0.343 e. The lowest BCUT2D eigenvalue weighted by atomic mass is 10.1. The average molecular weight is 336 g/mol. The highest BCUT2D eigenvalue weighted by atomic mass is 16.5. The van der Waals surface area contributed by atoms with Crippen LogP contribution >= 0.6 is 0 Å². The van der Waals surface area contributed by atoms with Crippen LogP contribution in [-0.2, 0) is 11.3 Å². The molecule has 2 heterocycles. The minimum atomic E-state index is -0.609. The Hall–Kier alpha value is -3.46. The third kappa shape index (κ3) is 3.12. The fraction of sp³-hybridized carbons (Fsp3) is 0.158. The number of aromatic nitrogens is 1. The van der Waals surface area contributed by atoms with E-state index in [0.29, 0.717) is 17.4 Å². The molecule has 0 saturated carbocycles. The molecule has 0 unspecified atom stereocenters. The quantitative estimate of drug-likeness (QED) is 0.665. The summed E-state index contributed by atoms with van der Waals surface area (Å²) >= 11 is 0. The van der Waals surface area contributed by atoms with E-state index in [1.165, 1.54) is 0 Å². The van der Waals surface area contributed by atoms with Gasteiger partial charge < -0.3 is 13.9 Å². The molecule has 0 spiro atoms. The summed E-state index contributed by atoms with van der Waals surface area (Å²) in [5.74, 6) is 0.661. The number of nitriles is 1. The van der Waals surface area contributed by atoms with Crippen LogP contribution in [0.4, 0.5) is 0 Å². The van der Waals surface area contributed by atoms with Crippen LogP contribution in [-0.4, -0.2) is 17.6 Å². The van der Waals surface area contributed by atoms with Crippen LogP contribution in [0.15, 0.2) is 53.2 Å². The number of carbonyl (C=O) groups excluding carboxylic acids is 1. The molecule has 3 rings (SSSR count). The van der Waals surface area contributed by atoms with Crippen molar-refractivity contribution in [2.45, 2.75) is 13.5 Å². The van der Waals surface area contributed by atoms with Crippen molar-refractivity contribution in [3.63, 3.8) is 0 Å². The maximum absolute atomic E-state index is 12.5. The van der Waals surface area contributed by atoms with E-state index < -0.39 is 5.97 Å². The first-order valence-electron chi connectivity index (χ1n) is 7.61. The van der Waals surface area contributed by atoms with Gasteiger partial charge in [-0.2, -0.15) is 5.26 Å². The summed E-state index contributed by atoms with van der Waals surface area (Å²) < 4.78 is 17.9. The molecule has 0 amide bonds. The molecule has 0 aliphatic carbocycles. The molecular weight excluding hydrogens is 320 g/mol. The molecule has 0 radical (unpaired) electrons. The lowest BCUT2D eigenvalue weighted by Crippen LogP contribution is -2.08. The predicted octanol–water partition coefficient (Wildman–Crippen LogP) is 3.62. The summed E-state index contributed by atoms with van der Waals surface area (Å²) in [4.78, 5) is 12.5. The van der Waals surface area contributed by atoms with Crippen LogP contribution in [0, 0.1) is 18.3 Å². The van der Waals surface area contributed by atoms with Gasteiger partial charge in [0.1, 0.15) is 35.3 Å². The van der Waals surface area contributed by atoms with Gasteiger partial charge in [0, 0.05) is 18.0 Å². The highest BCUT2D eigenvalue weighted by molar-refractivity contribution is 5.94. The van der Waals surface area contributed by atoms with Crippen molar-refractivity contribution in [1.29, 1.82) is 5.26 Å². The zero-order valence-electron chi connectivity index (χ0n) is 13.9. The first-order valence-corrected chi connectivity index (χ1v) is 7.61. The van der Waals surface area contributed by atoms with Crippen molar-refractivity contribution in [2.24, 2.45) is 0 Å². The molecule has 0 bridgehead atoms. The Kier molecular flexibility index (Phi) is 4.57. The second-order valence-corrected chi connectivity index (χ2v) is 5.30. The molecule has 3 aromatic rings. The van der Waals surface area contributed by atoms with Gasteiger partial charge >= 0.3 is 5.97 Å². The van der Waals surface area contributed by atoms with Gasteiger partial charge in [-0.15, -0.1) is 0 Å². The van der Waals surface area contributed by atoms with Gasteiger partial charge in [-0.05, 0) is 25.1 Å². The van der Waals surface area contributed by atoms with Gasteiger partial charge in [0.05, 0.1) is 7.11 Å². The number of esters is 1. The van der Waals surface area contributed by atoms with Crippen molar-refractivity contribution >= 4 is 5.97 Å². The standard InChI is InChI=1S/C19H16N2O4/c1-13-17(15(11-20)18(25-13)21-9-5-6-10-21)19(22)24-12-14-7-3-4-8-16(14)23-2/h3-10H,12H2,1-2H3. The summed E-state index contributed by atoms with van der Waals surface area (Å²) in [6, 6.07) is 12.9. The zero-order chi connectivity index (χ0) is 17.8. The Morgan fingerprint density at radius 1 is 1.24 bits per heavy atom. The van der Waals surface area contributed by atoms with Crippen molar-refractivity contribution < 1.29 is 18.7 Å². The summed E-state index contributed by atoms with van der Waals surface area (Å²) in [6.07, 6.45) is 3.48. The molecule has 0 aliphatic rings. The first-order chi connectivity index (χ1) is 12.2. The third-order valence-electron chi connectivity index (χ3n) is 3.77. The van der Waals surface area contributed by atoms with Gasteiger partial charge in [0.2, 0.25) is 5.88 Å². The van der Waals surface area contributed by atoms with E-state index in [1.54, 1.807) is 49.2 Å². The molecule has 6 nitrogen and oxygen atoms in total. The topological polar surface area (TPSA) is 77.4 Å². The molecule has 0 saturated heterocycles. The van der Waals surface area contributed by atoms with Crippen LogP contribution < -0.4 is 4.74 Å². The largest absolute Gasteiger partial charge is 0.496 e. The molecular formula is C19H16N2O4. The predicted molar refractivity (Wildman–Crippen MR) is 89.6 cm³/mol. The van der Waals surface area contributed by atoms with E-state index in [-0.39, 0.29) is 17.7 Å². The van der Waals surface area contributed by atoms with E-state index in [4.69, 9.17) is 13.9 Å². The number of carbonyl (C=O) groups is 1. The zero-order valence-corrected chi connectivity index (χ0v) is 13.9. The second-order valence-electron chi connectivity index (χ2n) is 5.30. The molecule has 126 valence electrons. The highest BCUT2D eigenvalue weighted by Gasteiger charge is 2.25. The second kappa shape index (κ2) is 6.97. The normalized spacial score (nSPS) is 10.3. The van der Waals surface area contributed by atoms with Crippen LogP contribution in [0.5, 0.6) is 5.75 Å². The minimum Gasteiger partial charge on any atom is -0.496 e. The summed E-state index contributed by atoms with van der Waals surface area (Å²) in [6.45, 7) is 1.67. The van der Waals surface area contributed by atoms with Crippen molar-refractivity contribution in [3.8, 4) is 17.7 Å². The van der Waals surface area contributed by atoms with Crippen LogP contribution in [0.3, 0.4) is 0 Å². The van der Waals surface area contributed by atoms with Gasteiger partial charge in [0.25, 0.3) is 0 Å². The first kappa shape index (κ1) is 16.4. The number of rotatable bonds is 5. The van der Waals surface area contributed by atoms with E-state index in [1.807, 2.05) is 24.3 Å². The third-order valence-corrected chi connectivity index (χ3v) is 3.77. The fourth-order valence-corrected chi connectivity index (χ4v) is 2.57. The Morgan fingerprint density at radius 2 is 1.96 bits per heavy atom. The number of para-hydroxylation sites is 1. The van der Waals surface area contributed by atoms with Crippen LogP contribution in [0.25, 0.3) is 5.88 Å². The highest BCUT2D eigenvalue weighted by Crippen LogP contribution is 2.27. The Bertz CT molecular complexity index is 933. The summed E-state index contributed by atoms with van der Waals surface area (Å²) in [7, 11) is 1.55. The molecule has 6 heteroatoms. The van der Waals surface area contributed by atoms with Crippen molar-refractivity contribution in [3.05, 3.63) is 71.2 Å². The molecule has 2 aromatic heterocycles. The number of hydrogen-bond donors (Lipinski definition) is 0. The number of methoxy groups -OCH3 is 1. The number of furan rings is 1. The van der Waals surface area contributed by atoms with Crippen molar-refractivity contribution in [1.82, 2.24) is 4.57 Å². The molecule has 0 N–H and O–H groups in total. The monoisotopic (exact) mass is 336 g/mol. The lowest BCUT2D eigenvalue weighted by molar-refractivity contribution is 0.0468. The maximum atomic E-state index is 12.5. The molecule has 0 fully saturated rings. The Morgan fingerprint density at radius 3 is 2.64 bits per heavy atom. The Balaban J connectivity index is 1.87. The number of hydrogen-bond acceptors (Lipinski definition) is 5. The summed E-state index contributed by atoms with van der Waals surface area (Å²) in [5.41, 5.74) is 1.03. The van der Waals surface area contributed by atoms with Gasteiger partial charge in [-0.3, -0.25) is 4.57 Å². The Labute approximate surface area is 144 Å². The molecule has 25 heavy (non-hydrogen) atoms. The maximum Gasteiger partial charge on any atom is 0.343 e. The van der Waals surface area contributed by atoms with Crippen molar-refractivity contribution in [2.75, 3.05) is 7.11 Å². The van der Waals surface area contributed by atoms with Gasteiger partial charge in [-0.25, -0.2) is 4.79 Å². The van der Waals surface area contributed by atoms with E-state index >= 15 is 0 Å². The van der Waals surface area contributed by atoms with E-state index in [9.17, 15) is 10.1 Å². The average Bonchev–Trinajstić information content (AvgIpc) is 3.27. The SMILES string of the molecule is COc1ccccc1COC(=O)c1c(C)oc(-n2cccc2)c1C#N. The van der Waals surface area contributed by atoms with E-state index in [2.05, 4.69) is 0 Å². The lowest BCUT2D eigenvalue weighted by Gasteiger charge is -2.08. The minimum absolute atomic E-state index is 0.0389. The molecule has 0 aliphatic heterocycles. The van der Waals surface area contributed by atoms with Crippen LogP contribution in [0.2, 0.25) is 0 Å². The molecule has 0 atom stereocenters. The number of aryl methyl sites for hydroxylation is 1. The number of nitrogens with zero attached hydrogens (tertiary/aromatic N) is 2. The van der Waals surface area contributed by atoms with Gasteiger partial charge in [-0.1, -0.05) is 18.2 Å². The number of ether oxygens (including phenoxy) is 2. The van der Waals surface area contributed by atoms with Gasteiger partial charge in [0.15, 0.2) is 0 Å². The fourth-order valence-electron chi connectivity index (χ4n) is 2.57. The molecule has 1 aromatic carbocycles.